The topological polar surface area (TPSA) is 36.0 Å². The highest BCUT2D eigenvalue weighted by molar-refractivity contribution is 5.70. The van der Waals surface area contributed by atoms with Crippen LogP contribution < -0.4 is 0 Å². The van der Waals surface area contributed by atoms with E-state index in [1.54, 1.807) is 11.1 Å². The molecule has 1 heterocycles. The third kappa shape index (κ3) is 2.14. The van der Waals surface area contributed by atoms with Gasteiger partial charge in [0.05, 0.1) is 6.10 Å². The van der Waals surface area contributed by atoms with Gasteiger partial charge in [0.2, 0.25) is 0 Å². The highest BCUT2D eigenvalue weighted by Crippen LogP contribution is 2.67. The number of aliphatic hydroxyl groups is 1. The lowest BCUT2D eigenvalue weighted by Crippen LogP contribution is -2.52. The van der Waals surface area contributed by atoms with Gasteiger partial charge in [-0.1, -0.05) is 38.5 Å². The van der Waals surface area contributed by atoms with Crippen molar-refractivity contribution in [3.8, 4) is 0 Å². The van der Waals surface area contributed by atoms with E-state index < -0.39 is 0 Å². The number of fused-ring (bicyclic) bond motifs is 5. The zero-order chi connectivity index (χ0) is 18.1. The number of nitrogens with one attached hydrogen (secondary N) is 1. The van der Waals surface area contributed by atoms with Crippen LogP contribution in [0.25, 0.3) is 5.57 Å². The fraction of sp³-hybridized carbons (Fsp3) is 0.667. The summed E-state index contributed by atoms with van der Waals surface area (Å²) in [5.74, 6) is 2.96. The van der Waals surface area contributed by atoms with Crippen molar-refractivity contribution in [2.45, 2.75) is 65.4 Å². The predicted octanol–water partition coefficient (Wildman–Crippen LogP) is 5.58. The summed E-state index contributed by atoms with van der Waals surface area (Å²) in [4.78, 5) is 3.47. The summed E-state index contributed by atoms with van der Waals surface area (Å²) in [7, 11) is 0. The normalized spacial score (nSPS) is 47.5. The number of hydrogen-bond donors (Lipinski definition) is 2. The second kappa shape index (κ2) is 5.61. The molecule has 0 radical (unpaired) electrons. The van der Waals surface area contributed by atoms with Gasteiger partial charge in [0, 0.05) is 11.9 Å². The molecule has 5 rings (SSSR count). The smallest absolute Gasteiger partial charge is 0.0577 e. The highest BCUT2D eigenvalue weighted by atomic mass is 16.3. The minimum absolute atomic E-state index is 0.112. The molecule has 26 heavy (non-hydrogen) atoms. The Labute approximate surface area is 157 Å². The Morgan fingerprint density at radius 3 is 2.69 bits per heavy atom. The lowest BCUT2D eigenvalue weighted by atomic mass is 9.45. The first-order chi connectivity index (χ1) is 12.4. The largest absolute Gasteiger partial charge is 0.393 e. The van der Waals surface area contributed by atoms with Crippen molar-refractivity contribution in [1.82, 2.24) is 4.98 Å². The van der Waals surface area contributed by atoms with E-state index in [0.29, 0.717) is 16.7 Å². The van der Waals surface area contributed by atoms with Crippen LogP contribution in [-0.4, -0.2) is 16.2 Å². The minimum atomic E-state index is -0.112. The van der Waals surface area contributed by atoms with E-state index >= 15 is 0 Å². The van der Waals surface area contributed by atoms with Crippen molar-refractivity contribution in [2.75, 3.05) is 0 Å². The minimum Gasteiger partial charge on any atom is -0.393 e. The average Bonchev–Trinajstić information content (AvgIpc) is 3.23. The van der Waals surface area contributed by atoms with Crippen LogP contribution in [0.1, 0.15) is 65.0 Å². The van der Waals surface area contributed by atoms with Gasteiger partial charge in [-0.25, -0.2) is 0 Å². The Kier molecular flexibility index (Phi) is 3.64. The molecule has 0 unspecified atom stereocenters. The second-order valence-electron chi connectivity index (χ2n) is 10.0. The summed E-state index contributed by atoms with van der Waals surface area (Å²) in [6.45, 7) is 7.50. The molecular weight excluding hydrogens is 318 g/mol. The van der Waals surface area contributed by atoms with Crippen LogP contribution in [0.3, 0.4) is 0 Å². The third-order valence-corrected chi connectivity index (χ3v) is 8.88. The van der Waals surface area contributed by atoms with Crippen LogP contribution in [0.4, 0.5) is 0 Å². The van der Waals surface area contributed by atoms with Crippen LogP contribution in [-0.2, 0) is 0 Å². The van der Waals surface area contributed by atoms with Crippen molar-refractivity contribution in [1.29, 1.82) is 0 Å². The predicted molar refractivity (Wildman–Crippen MR) is 106 cm³/mol. The molecule has 7 atom stereocenters. The molecule has 0 aliphatic heterocycles. The first-order valence-electron chi connectivity index (χ1n) is 10.7. The summed E-state index contributed by atoms with van der Waals surface area (Å²) in [5, 5.41) is 10.2. The van der Waals surface area contributed by atoms with Gasteiger partial charge in [0.1, 0.15) is 0 Å². The fourth-order valence-electron chi connectivity index (χ4n) is 7.49. The number of hydrogen-bond acceptors (Lipinski definition) is 1. The van der Waals surface area contributed by atoms with Gasteiger partial charge in [-0.2, -0.15) is 0 Å². The molecule has 4 aliphatic rings. The van der Waals surface area contributed by atoms with Gasteiger partial charge in [-0.15, -0.1) is 0 Å². The van der Waals surface area contributed by atoms with E-state index in [-0.39, 0.29) is 6.10 Å². The van der Waals surface area contributed by atoms with Gasteiger partial charge in [-0.3, -0.25) is 0 Å². The van der Waals surface area contributed by atoms with Gasteiger partial charge in [0.15, 0.2) is 0 Å². The van der Waals surface area contributed by atoms with Gasteiger partial charge in [0.25, 0.3) is 0 Å². The lowest BCUT2D eigenvalue weighted by Gasteiger charge is -2.59. The molecule has 1 aromatic heterocycles. The molecule has 0 saturated heterocycles. The Morgan fingerprint density at radius 2 is 1.92 bits per heavy atom. The van der Waals surface area contributed by atoms with Crippen molar-refractivity contribution in [3.05, 3.63) is 41.7 Å². The van der Waals surface area contributed by atoms with Gasteiger partial charge >= 0.3 is 0 Å². The molecule has 1 aromatic rings. The van der Waals surface area contributed by atoms with E-state index in [9.17, 15) is 5.11 Å². The number of H-pyrrole nitrogens is 1. The Bertz CT molecular complexity index is 759. The molecule has 0 spiro atoms. The average molecular weight is 352 g/mol. The maximum atomic E-state index is 10.2. The van der Waals surface area contributed by atoms with Crippen LogP contribution in [0.15, 0.2) is 36.1 Å². The number of aliphatic hydroxyl groups excluding tert-OH is 1. The molecule has 0 aromatic carbocycles. The SMILES string of the molecule is C[C@H]1C=C2C[C@@H](O)CC[C@]2(C)[C@H]2CC[C@]3(C)C(c4ccc[nH]4)=CC[C@H]3[C@H]12. The Morgan fingerprint density at radius 1 is 1.12 bits per heavy atom. The molecule has 2 saturated carbocycles. The second-order valence-corrected chi connectivity index (χ2v) is 10.0. The number of aromatic nitrogens is 1. The van der Waals surface area contributed by atoms with Crippen LogP contribution >= 0.6 is 0 Å². The first kappa shape index (κ1) is 16.9. The number of rotatable bonds is 1. The van der Waals surface area contributed by atoms with Crippen LogP contribution in [0.2, 0.25) is 0 Å². The van der Waals surface area contributed by atoms with E-state index in [0.717, 1.165) is 30.6 Å². The number of aromatic amines is 1. The summed E-state index contributed by atoms with van der Waals surface area (Å²) < 4.78 is 0. The summed E-state index contributed by atoms with van der Waals surface area (Å²) in [5.41, 5.74) is 5.12. The summed E-state index contributed by atoms with van der Waals surface area (Å²) in [6, 6.07) is 4.38. The van der Waals surface area contributed by atoms with E-state index in [4.69, 9.17) is 0 Å². The molecule has 2 heteroatoms. The Balaban J connectivity index is 1.52. The monoisotopic (exact) mass is 351 g/mol. The molecular formula is C24H33NO. The van der Waals surface area contributed by atoms with Gasteiger partial charge in [-0.05, 0) is 90.7 Å². The maximum absolute atomic E-state index is 10.2. The zero-order valence-corrected chi connectivity index (χ0v) is 16.5. The van der Waals surface area contributed by atoms with Crippen LogP contribution in [0.5, 0.6) is 0 Å². The molecule has 0 bridgehead atoms. The van der Waals surface area contributed by atoms with E-state index in [1.807, 2.05) is 0 Å². The van der Waals surface area contributed by atoms with E-state index in [1.165, 1.54) is 31.4 Å². The highest BCUT2D eigenvalue weighted by Gasteiger charge is 2.58. The van der Waals surface area contributed by atoms with E-state index in [2.05, 4.69) is 56.2 Å². The standard InChI is InChI=1S/C24H33NO/c1-15-13-16-14-17(26)8-10-23(16,2)20-9-11-24(3)18(21-5-4-12-25-21)6-7-19(24)22(15)20/h4-6,12-13,15,17,19-20,22,25-26H,7-11,14H2,1-3H3/t15-,17-,19-,20-,22-,23-,24+/m0/s1. The Hall–Kier alpha value is -1.28. The first-order valence-corrected chi connectivity index (χ1v) is 10.7. The molecule has 2 nitrogen and oxygen atoms in total. The molecule has 140 valence electrons. The summed E-state index contributed by atoms with van der Waals surface area (Å²) in [6.07, 6.45) is 14.0. The maximum Gasteiger partial charge on any atom is 0.0577 e. The third-order valence-electron chi connectivity index (χ3n) is 8.88. The van der Waals surface area contributed by atoms with Crippen molar-refractivity contribution in [3.63, 3.8) is 0 Å². The molecule has 2 fully saturated rings. The zero-order valence-electron chi connectivity index (χ0n) is 16.5. The quantitative estimate of drug-likeness (QED) is 0.637. The van der Waals surface area contributed by atoms with Crippen molar-refractivity contribution >= 4 is 5.57 Å². The molecule has 0 amide bonds. The molecule has 2 N–H and O–H groups in total. The van der Waals surface area contributed by atoms with Crippen molar-refractivity contribution < 1.29 is 5.11 Å². The van der Waals surface area contributed by atoms with Gasteiger partial charge < -0.3 is 10.1 Å². The van der Waals surface area contributed by atoms with Crippen LogP contribution in [0, 0.1) is 34.5 Å². The van der Waals surface area contributed by atoms with Crippen molar-refractivity contribution in [2.24, 2.45) is 34.5 Å². The lowest BCUT2D eigenvalue weighted by molar-refractivity contribution is -0.0426. The fourth-order valence-corrected chi connectivity index (χ4v) is 7.49. The summed E-state index contributed by atoms with van der Waals surface area (Å²) >= 11 is 0. The number of allylic oxidation sites excluding steroid dienone is 3. The molecule has 4 aliphatic carbocycles.